The molecular weight excluding hydrogens is 394 g/mol. The molecule has 0 radical (unpaired) electrons. The van der Waals surface area contributed by atoms with Crippen molar-refractivity contribution < 1.29 is 9.32 Å². The van der Waals surface area contributed by atoms with Crippen LogP contribution in [0.5, 0.6) is 0 Å². The minimum absolute atomic E-state index is 0.0615. The van der Waals surface area contributed by atoms with E-state index in [1.165, 1.54) is 11.8 Å². The van der Waals surface area contributed by atoms with Crippen molar-refractivity contribution >= 4 is 17.5 Å². The quantitative estimate of drug-likeness (QED) is 0.509. The largest absolute Gasteiger partial charge is 0.361 e. The molecule has 1 aliphatic rings. The van der Waals surface area contributed by atoms with Crippen molar-refractivity contribution in [3.05, 3.63) is 64.2 Å². The number of Topliss-reactive ketones (excluding diaryl/α,β-unsaturated/α-hetero) is 1. The Morgan fingerprint density at radius 3 is 2.53 bits per heavy atom. The SMILES string of the molecule is Cc1noc(C)c1CSc1nc2c(c(-c3ccccc3)c1C#N)C(=O)CC(C)(C)C2. The van der Waals surface area contributed by atoms with Crippen molar-refractivity contribution in [1.82, 2.24) is 10.1 Å². The Bertz CT molecular complexity index is 1150. The van der Waals surface area contributed by atoms with Crippen LogP contribution in [0.2, 0.25) is 0 Å². The van der Waals surface area contributed by atoms with Gasteiger partial charge in [-0.3, -0.25) is 4.79 Å². The van der Waals surface area contributed by atoms with E-state index >= 15 is 0 Å². The molecule has 0 fully saturated rings. The van der Waals surface area contributed by atoms with Crippen LogP contribution in [0.1, 0.15) is 58.9 Å². The highest BCUT2D eigenvalue weighted by Crippen LogP contribution is 2.42. The predicted molar refractivity (Wildman–Crippen MR) is 116 cm³/mol. The van der Waals surface area contributed by atoms with Crippen molar-refractivity contribution in [1.29, 1.82) is 5.26 Å². The van der Waals surface area contributed by atoms with E-state index in [2.05, 4.69) is 25.1 Å². The van der Waals surface area contributed by atoms with Gasteiger partial charge in [0, 0.05) is 28.9 Å². The van der Waals surface area contributed by atoms with Crippen molar-refractivity contribution in [2.24, 2.45) is 5.41 Å². The first kappa shape index (κ1) is 20.4. The Morgan fingerprint density at radius 2 is 1.90 bits per heavy atom. The van der Waals surface area contributed by atoms with Gasteiger partial charge in [-0.25, -0.2) is 4.98 Å². The zero-order valence-electron chi connectivity index (χ0n) is 17.6. The Balaban J connectivity index is 1.89. The Morgan fingerprint density at radius 1 is 1.17 bits per heavy atom. The fraction of sp³-hybridized carbons (Fsp3) is 0.333. The van der Waals surface area contributed by atoms with E-state index in [-0.39, 0.29) is 11.2 Å². The summed E-state index contributed by atoms with van der Waals surface area (Å²) in [6.07, 6.45) is 1.16. The van der Waals surface area contributed by atoms with Gasteiger partial charge in [0.1, 0.15) is 16.9 Å². The fourth-order valence-electron chi connectivity index (χ4n) is 4.03. The summed E-state index contributed by atoms with van der Waals surface area (Å²) in [4.78, 5) is 18.0. The fourth-order valence-corrected chi connectivity index (χ4v) is 5.19. The number of thioether (sulfide) groups is 1. The van der Waals surface area contributed by atoms with Crippen LogP contribution in [0.4, 0.5) is 0 Å². The van der Waals surface area contributed by atoms with Crippen molar-refractivity contribution in [3.63, 3.8) is 0 Å². The van der Waals surface area contributed by atoms with Gasteiger partial charge < -0.3 is 4.52 Å². The lowest BCUT2D eigenvalue weighted by Gasteiger charge is -2.31. The Labute approximate surface area is 180 Å². The topological polar surface area (TPSA) is 79.8 Å². The monoisotopic (exact) mass is 417 g/mol. The molecule has 0 saturated heterocycles. The smallest absolute Gasteiger partial charge is 0.165 e. The van der Waals surface area contributed by atoms with Crippen molar-refractivity contribution in [2.75, 3.05) is 0 Å². The highest BCUT2D eigenvalue weighted by Gasteiger charge is 2.36. The lowest BCUT2D eigenvalue weighted by Crippen LogP contribution is -2.29. The van der Waals surface area contributed by atoms with Crippen molar-refractivity contribution in [2.45, 2.75) is 51.3 Å². The molecule has 1 aromatic carbocycles. The first-order valence-electron chi connectivity index (χ1n) is 9.91. The number of aromatic nitrogens is 2. The van der Waals surface area contributed by atoms with Gasteiger partial charge in [0.05, 0.1) is 17.0 Å². The van der Waals surface area contributed by atoms with Crippen LogP contribution in [-0.2, 0) is 12.2 Å². The second-order valence-corrected chi connectivity index (χ2v) is 9.46. The molecule has 2 aromatic heterocycles. The molecule has 0 bridgehead atoms. The molecule has 152 valence electrons. The van der Waals surface area contributed by atoms with Gasteiger partial charge in [0.25, 0.3) is 0 Å². The van der Waals surface area contributed by atoms with Gasteiger partial charge in [-0.15, -0.1) is 11.8 Å². The number of nitriles is 1. The highest BCUT2D eigenvalue weighted by molar-refractivity contribution is 7.98. The molecule has 0 amide bonds. The first-order chi connectivity index (χ1) is 14.3. The average Bonchev–Trinajstić information content (AvgIpc) is 3.02. The number of ketones is 1. The Kier molecular flexibility index (Phi) is 5.25. The van der Waals surface area contributed by atoms with Gasteiger partial charge in [0.2, 0.25) is 0 Å². The predicted octanol–water partition coefficient (Wildman–Crippen LogP) is 5.67. The van der Waals surface area contributed by atoms with Gasteiger partial charge in [-0.2, -0.15) is 5.26 Å². The van der Waals surface area contributed by atoms with Crippen LogP contribution in [0.3, 0.4) is 0 Å². The van der Waals surface area contributed by atoms with E-state index in [0.717, 1.165) is 28.3 Å². The lowest BCUT2D eigenvalue weighted by molar-refractivity contribution is 0.0910. The lowest BCUT2D eigenvalue weighted by atomic mass is 9.73. The molecule has 30 heavy (non-hydrogen) atoms. The summed E-state index contributed by atoms with van der Waals surface area (Å²) in [5, 5.41) is 14.7. The molecule has 0 saturated carbocycles. The van der Waals surface area contributed by atoms with Crippen LogP contribution in [0, 0.1) is 30.6 Å². The molecule has 2 heterocycles. The zero-order chi connectivity index (χ0) is 21.5. The van der Waals surface area contributed by atoms with E-state index in [0.29, 0.717) is 40.3 Å². The standard InChI is InChI=1S/C24H23N3O2S/c1-14-18(15(2)29-27-14)13-30-23-17(12-25)21(16-8-6-5-7-9-16)22-19(26-23)10-24(3,4)11-20(22)28/h5-9H,10-11,13H2,1-4H3. The summed E-state index contributed by atoms with van der Waals surface area (Å²) < 4.78 is 5.27. The molecule has 1 aliphatic carbocycles. The molecule has 0 N–H and O–H groups in total. The van der Waals surface area contributed by atoms with Crippen LogP contribution < -0.4 is 0 Å². The second-order valence-electron chi connectivity index (χ2n) is 8.50. The maximum absolute atomic E-state index is 13.1. The molecule has 0 spiro atoms. The summed E-state index contributed by atoms with van der Waals surface area (Å²) in [5.41, 5.74) is 5.16. The summed E-state index contributed by atoms with van der Waals surface area (Å²) in [6, 6.07) is 12.0. The maximum atomic E-state index is 13.1. The number of fused-ring (bicyclic) bond motifs is 1. The third-order valence-electron chi connectivity index (χ3n) is 5.51. The molecule has 5 nitrogen and oxygen atoms in total. The van der Waals surface area contributed by atoms with E-state index in [9.17, 15) is 10.1 Å². The average molecular weight is 418 g/mol. The van der Waals surface area contributed by atoms with Gasteiger partial charge in [0.15, 0.2) is 5.78 Å². The molecular formula is C24H23N3O2S. The number of carbonyl (C=O) groups is 1. The molecule has 4 rings (SSSR count). The Hall–Kier alpha value is -2.91. The van der Waals surface area contributed by atoms with E-state index in [1.807, 2.05) is 44.2 Å². The number of pyridine rings is 1. The third kappa shape index (κ3) is 3.66. The van der Waals surface area contributed by atoms with Gasteiger partial charge in [-0.1, -0.05) is 49.3 Å². The molecule has 6 heteroatoms. The summed E-state index contributed by atoms with van der Waals surface area (Å²) in [7, 11) is 0. The van der Waals surface area contributed by atoms with Crippen LogP contribution in [0.25, 0.3) is 11.1 Å². The molecule has 3 aromatic rings. The van der Waals surface area contributed by atoms with E-state index < -0.39 is 0 Å². The molecule has 0 atom stereocenters. The minimum Gasteiger partial charge on any atom is -0.361 e. The summed E-state index contributed by atoms with van der Waals surface area (Å²) in [6.45, 7) is 7.98. The number of hydrogen-bond donors (Lipinski definition) is 0. The first-order valence-corrected chi connectivity index (χ1v) is 10.9. The summed E-state index contributed by atoms with van der Waals surface area (Å²) in [5.74, 6) is 1.44. The highest BCUT2D eigenvalue weighted by atomic mass is 32.2. The van der Waals surface area contributed by atoms with E-state index in [1.54, 1.807) is 0 Å². The van der Waals surface area contributed by atoms with Gasteiger partial charge in [-0.05, 0) is 31.2 Å². The van der Waals surface area contributed by atoms with Gasteiger partial charge >= 0.3 is 0 Å². The summed E-state index contributed by atoms with van der Waals surface area (Å²) >= 11 is 1.50. The van der Waals surface area contributed by atoms with E-state index in [4.69, 9.17) is 9.51 Å². The second kappa shape index (κ2) is 7.73. The molecule has 0 aliphatic heterocycles. The number of benzene rings is 1. The number of rotatable bonds is 4. The normalized spacial score (nSPS) is 15.0. The number of carbonyl (C=O) groups excluding carboxylic acids is 1. The van der Waals surface area contributed by atoms with Crippen molar-refractivity contribution in [3.8, 4) is 17.2 Å². The minimum atomic E-state index is -0.150. The third-order valence-corrected chi connectivity index (χ3v) is 6.51. The van der Waals surface area contributed by atoms with Crippen LogP contribution in [-0.4, -0.2) is 15.9 Å². The number of hydrogen-bond acceptors (Lipinski definition) is 6. The zero-order valence-corrected chi connectivity index (χ0v) is 18.4. The number of aryl methyl sites for hydroxylation is 2. The maximum Gasteiger partial charge on any atom is 0.165 e. The van der Waals surface area contributed by atoms with Crippen LogP contribution >= 0.6 is 11.8 Å². The molecule has 0 unspecified atom stereocenters. The van der Waals surface area contributed by atoms with Crippen LogP contribution in [0.15, 0.2) is 39.9 Å². The number of nitrogens with zero attached hydrogens (tertiary/aromatic N) is 3.